The first-order valence-corrected chi connectivity index (χ1v) is 6.09. The molecule has 0 fully saturated rings. The van der Waals surface area contributed by atoms with E-state index in [-0.39, 0.29) is 10.6 Å². The number of hydrogen-bond donors (Lipinski definition) is 0. The minimum Gasteiger partial charge on any atom is -0.337 e. The Morgan fingerprint density at radius 3 is 2.81 bits per heavy atom. The molecule has 84 valence electrons. The van der Waals surface area contributed by atoms with E-state index < -0.39 is 16.6 Å². The SMILES string of the molecule is Cn1ccnc1CS(=O)c1ccccc1F. The van der Waals surface area contributed by atoms with Crippen LogP contribution in [-0.2, 0) is 23.6 Å². The lowest BCUT2D eigenvalue weighted by atomic mass is 10.3. The fraction of sp³-hybridized carbons (Fsp3) is 0.182. The Kier molecular flexibility index (Phi) is 3.14. The highest BCUT2D eigenvalue weighted by Crippen LogP contribution is 2.14. The lowest BCUT2D eigenvalue weighted by Crippen LogP contribution is -2.04. The van der Waals surface area contributed by atoms with Crippen molar-refractivity contribution < 1.29 is 8.60 Å². The molecular formula is C11H11FN2OS. The second kappa shape index (κ2) is 4.57. The normalized spacial score (nSPS) is 12.6. The summed E-state index contributed by atoms with van der Waals surface area (Å²) in [5.41, 5.74) is 0. The maximum absolute atomic E-state index is 13.3. The molecule has 2 aromatic rings. The van der Waals surface area contributed by atoms with Crippen LogP contribution in [0.15, 0.2) is 41.6 Å². The van der Waals surface area contributed by atoms with Gasteiger partial charge in [0.05, 0.1) is 21.4 Å². The van der Waals surface area contributed by atoms with Gasteiger partial charge in [-0.3, -0.25) is 4.21 Å². The van der Waals surface area contributed by atoms with Crippen molar-refractivity contribution in [1.82, 2.24) is 9.55 Å². The van der Waals surface area contributed by atoms with E-state index in [1.165, 1.54) is 12.1 Å². The first-order valence-electron chi connectivity index (χ1n) is 4.77. The van der Waals surface area contributed by atoms with E-state index in [0.29, 0.717) is 5.82 Å². The van der Waals surface area contributed by atoms with Gasteiger partial charge in [0.2, 0.25) is 0 Å². The Bertz CT molecular complexity index is 524. The molecule has 0 spiro atoms. The second-order valence-electron chi connectivity index (χ2n) is 3.37. The van der Waals surface area contributed by atoms with E-state index >= 15 is 0 Å². The van der Waals surface area contributed by atoms with E-state index in [4.69, 9.17) is 0 Å². The molecule has 0 aliphatic heterocycles. The van der Waals surface area contributed by atoms with Crippen molar-refractivity contribution in [3.05, 3.63) is 48.3 Å². The van der Waals surface area contributed by atoms with Gasteiger partial charge < -0.3 is 4.57 Å². The van der Waals surface area contributed by atoms with Gasteiger partial charge >= 0.3 is 0 Å². The number of hydrogen-bond acceptors (Lipinski definition) is 2. The smallest absolute Gasteiger partial charge is 0.139 e. The zero-order valence-corrected chi connectivity index (χ0v) is 9.58. The highest BCUT2D eigenvalue weighted by molar-refractivity contribution is 7.84. The second-order valence-corrected chi connectivity index (χ2v) is 4.79. The summed E-state index contributed by atoms with van der Waals surface area (Å²) in [4.78, 5) is 4.29. The fourth-order valence-electron chi connectivity index (χ4n) is 1.36. The quantitative estimate of drug-likeness (QED) is 0.818. The van der Waals surface area contributed by atoms with Gasteiger partial charge in [-0.2, -0.15) is 0 Å². The maximum atomic E-state index is 13.3. The highest BCUT2D eigenvalue weighted by atomic mass is 32.2. The summed E-state index contributed by atoms with van der Waals surface area (Å²) in [6.45, 7) is 0. The number of rotatable bonds is 3. The van der Waals surface area contributed by atoms with Gasteiger partial charge in [-0.15, -0.1) is 0 Å². The Hall–Kier alpha value is -1.49. The number of nitrogens with zero attached hydrogens (tertiary/aromatic N) is 2. The summed E-state index contributed by atoms with van der Waals surface area (Å²) in [6.07, 6.45) is 3.40. The van der Waals surface area contributed by atoms with E-state index in [1.54, 1.807) is 29.1 Å². The zero-order chi connectivity index (χ0) is 11.5. The van der Waals surface area contributed by atoms with Crippen LogP contribution in [0.1, 0.15) is 5.82 Å². The number of imidazole rings is 1. The van der Waals surface area contributed by atoms with Crippen molar-refractivity contribution in [3.63, 3.8) is 0 Å². The molecule has 2 rings (SSSR count). The summed E-state index contributed by atoms with van der Waals surface area (Å²) in [6, 6.07) is 6.10. The van der Waals surface area contributed by atoms with E-state index in [1.807, 2.05) is 7.05 Å². The minimum atomic E-state index is -1.39. The molecule has 0 radical (unpaired) electrons. The minimum absolute atomic E-state index is 0.227. The summed E-state index contributed by atoms with van der Waals surface area (Å²) < 4.78 is 27.0. The summed E-state index contributed by atoms with van der Waals surface area (Å²) in [7, 11) is 0.427. The summed E-state index contributed by atoms with van der Waals surface area (Å²) >= 11 is 0. The average Bonchev–Trinajstić information content (AvgIpc) is 2.65. The first kappa shape index (κ1) is 11.0. The lowest BCUT2D eigenvalue weighted by molar-refractivity contribution is 0.595. The third kappa shape index (κ3) is 2.19. The Balaban J connectivity index is 2.22. The van der Waals surface area contributed by atoms with Gasteiger partial charge in [-0.25, -0.2) is 9.37 Å². The lowest BCUT2D eigenvalue weighted by Gasteiger charge is -2.03. The molecule has 3 nitrogen and oxygen atoms in total. The monoisotopic (exact) mass is 238 g/mol. The van der Waals surface area contributed by atoms with Gasteiger partial charge in [-0.1, -0.05) is 12.1 Å². The number of aryl methyl sites for hydroxylation is 1. The van der Waals surface area contributed by atoms with Crippen LogP contribution in [0.3, 0.4) is 0 Å². The van der Waals surface area contributed by atoms with Crippen molar-refractivity contribution in [2.24, 2.45) is 7.05 Å². The zero-order valence-electron chi connectivity index (χ0n) is 8.76. The van der Waals surface area contributed by atoms with Gasteiger partial charge in [0.1, 0.15) is 11.6 Å². The number of benzene rings is 1. The maximum Gasteiger partial charge on any atom is 0.139 e. The van der Waals surface area contributed by atoms with Crippen LogP contribution in [0, 0.1) is 5.82 Å². The Morgan fingerprint density at radius 1 is 1.44 bits per heavy atom. The largest absolute Gasteiger partial charge is 0.337 e. The third-order valence-corrected chi connectivity index (χ3v) is 3.61. The summed E-state index contributed by atoms with van der Waals surface area (Å²) in [5, 5.41) is 0. The molecule has 5 heteroatoms. The molecule has 1 unspecified atom stereocenters. The van der Waals surface area contributed by atoms with Gasteiger partial charge in [0.25, 0.3) is 0 Å². The molecule has 1 heterocycles. The highest BCUT2D eigenvalue weighted by Gasteiger charge is 2.11. The molecule has 0 saturated carbocycles. The molecule has 1 aromatic heterocycles. The van der Waals surface area contributed by atoms with Crippen molar-refractivity contribution >= 4 is 10.8 Å². The summed E-state index contributed by atoms with van der Waals surface area (Å²) in [5.74, 6) is 0.473. The van der Waals surface area contributed by atoms with E-state index in [9.17, 15) is 8.60 Å². The van der Waals surface area contributed by atoms with Crippen molar-refractivity contribution in [2.45, 2.75) is 10.6 Å². The molecule has 0 amide bonds. The molecule has 16 heavy (non-hydrogen) atoms. The molecule has 1 aromatic carbocycles. The van der Waals surface area contributed by atoms with Crippen LogP contribution in [0.4, 0.5) is 4.39 Å². The van der Waals surface area contributed by atoms with Crippen LogP contribution >= 0.6 is 0 Å². The Morgan fingerprint density at radius 2 is 2.19 bits per heavy atom. The molecule has 0 aliphatic rings. The van der Waals surface area contributed by atoms with Crippen molar-refractivity contribution in [3.8, 4) is 0 Å². The average molecular weight is 238 g/mol. The predicted molar refractivity (Wildman–Crippen MR) is 59.7 cm³/mol. The van der Waals surface area contributed by atoms with Crippen molar-refractivity contribution in [2.75, 3.05) is 0 Å². The predicted octanol–water partition coefficient (Wildman–Crippen LogP) is 1.87. The van der Waals surface area contributed by atoms with Gasteiger partial charge in [-0.05, 0) is 12.1 Å². The molecule has 0 bridgehead atoms. The molecule has 0 aliphatic carbocycles. The number of halogens is 1. The third-order valence-electron chi connectivity index (χ3n) is 2.26. The van der Waals surface area contributed by atoms with Crippen LogP contribution < -0.4 is 0 Å². The van der Waals surface area contributed by atoms with Crippen molar-refractivity contribution in [1.29, 1.82) is 0 Å². The number of aromatic nitrogens is 2. The van der Waals surface area contributed by atoms with Gasteiger partial charge in [0.15, 0.2) is 0 Å². The molecule has 0 N–H and O–H groups in total. The molecule has 1 atom stereocenters. The van der Waals surface area contributed by atoms with Gasteiger partial charge in [0, 0.05) is 19.4 Å². The van der Waals surface area contributed by atoms with E-state index in [2.05, 4.69) is 4.98 Å². The first-order chi connectivity index (χ1) is 7.68. The topological polar surface area (TPSA) is 34.9 Å². The fourth-order valence-corrected chi connectivity index (χ4v) is 2.54. The molecular weight excluding hydrogens is 227 g/mol. The standard InChI is InChI=1S/C11H11FN2OS/c1-14-7-6-13-11(14)8-16(15)10-5-3-2-4-9(10)12/h2-7H,8H2,1H3. The van der Waals surface area contributed by atoms with E-state index in [0.717, 1.165) is 0 Å². The Labute approximate surface area is 95.4 Å². The van der Waals surface area contributed by atoms with Crippen LogP contribution in [-0.4, -0.2) is 13.8 Å². The van der Waals surface area contributed by atoms with Crippen LogP contribution in [0.25, 0.3) is 0 Å². The van der Waals surface area contributed by atoms with Crippen LogP contribution in [0.2, 0.25) is 0 Å². The molecule has 0 saturated heterocycles. The van der Waals surface area contributed by atoms with Crippen LogP contribution in [0.5, 0.6) is 0 Å².